The zero-order valence-corrected chi connectivity index (χ0v) is 18.5. The van der Waals surface area contributed by atoms with Gasteiger partial charge in [0, 0.05) is 42.7 Å². The number of aromatic nitrogens is 1. The van der Waals surface area contributed by atoms with Gasteiger partial charge in [0.2, 0.25) is 5.91 Å². The number of nitrogens with zero attached hydrogens (tertiary/aromatic N) is 3. The topological polar surface area (TPSA) is 79.8 Å². The highest BCUT2D eigenvalue weighted by Crippen LogP contribution is 2.47. The molecule has 1 atom stereocenters. The molecule has 158 valence electrons. The van der Waals surface area contributed by atoms with Gasteiger partial charge >= 0.3 is 5.97 Å². The van der Waals surface area contributed by atoms with Crippen molar-refractivity contribution in [2.75, 3.05) is 31.1 Å². The Morgan fingerprint density at radius 2 is 2.03 bits per heavy atom. The van der Waals surface area contributed by atoms with Gasteiger partial charge in [-0.05, 0) is 30.2 Å². The summed E-state index contributed by atoms with van der Waals surface area (Å²) in [6.07, 6.45) is 2.39. The Morgan fingerprint density at radius 3 is 2.73 bits per heavy atom. The van der Waals surface area contributed by atoms with Crippen LogP contribution in [0.4, 0.5) is 5.69 Å². The Hall–Kier alpha value is -2.16. The molecule has 1 saturated heterocycles. The van der Waals surface area contributed by atoms with Crippen LogP contribution in [0.1, 0.15) is 23.9 Å². The third kappa shape index (κ3) is 4.04. The average molecular weight is 468 g/mol. The highest BCUT2D eigenvalue weighted by Gasteiger charge is 2.49. The van der Waals surface area contributed by atoms with Crippen LogP contribution in [0.5, 0.6) is 0 Å². The van der Waals surface area contributed by atoms with E-state index in [1.165, 1.54) is 24.5 Å². The first kappa shape index (κ1) is 21.1. The first-order valence-electron chi connectivity index (χ1n) is 9.39. The smallest absolute Gasteiger partial charge is 0.303 e. The Kier molecular flexibility index (Phi) is 5.74. The van der Waals surface area contributed by atoms with Gasteiger partial charge in [-0.2, -0.15) is 0 Å². The molecule has 1 aromatic carbocycles. The molecular weight excluding hydrogens is 449 g/mol. The lowest BCUT2D eigenvalue weighted by atomic mass is 9.81. The molecule has 0 radical (unpaired) electrons. The number of carbonyl (C=O) groups excluding carboxylic acids is 3. The maximum absolute atomic E-state index is 13.1. The number of likely N-dealkylation sites (tertiary alicyclic amines) is 1. The number of thiazole rings is 1. The third-order valence-corrected chi connectivity index (χ3v) is 6.87. The van der Waals surface area contributed by atoms with Gasteiger partial charge in [-0.15, -0.1) is 11.3 Å². The normalized spacial score (nSPS) is 20.0. The summed E-state index contributed by atoms with van der Waals surface area (Å²) in [6.45, 7) is 2.41. The van der Waals surface area contributed by atoms with Gasteiger partial charge in [0.05, 0.1) is 12.6 Å². The summed E-state index contributed by atoms with van der Waals surface area (Å²) in [4.78, 5) is 44.2. The van der Waals surface area contributed by atoms with Gasteiger partial charge in [-0.25, -0.2) is 4.98 Å². The fourth-order valence-corrected chi connectivity index (χ4v) is 5.27. The van der Waals surface area contributed by atoms with Crippen molar-refractivity contribution in [1.82, 2.24) is 9.88 Å². The maximum atomic E-state index is 13.1. The molecule has 0 bridgehead atoms. The molecule has 2 amide bonds. The van der Waals surface area contributed by atoms with E-state index in [0.717, 1.165) is 11.3 Å². The number of carbonyl (C=O) groups is 3. The van der Waals surface area contributed by atoms with Crippen LogP contribution in [-0.4, -0.2) is 53.9 Å². The number of halogens is 2. The van der Waals surface area contributed by atoms with Gasteiger partial charge < -0.3 is 14.5 Å². The minimum atomic E-state index is -0.491. The largest absolute Gasteiger partial charge is 0.456 e. The van der Waals surface area contributed by atoms with Gasteiger partial charge in [-0.1, -0.05) is 23.2 Å². The maximum Gasteiger partial charge on any atom is 0.303 e. The van der Waals surface area contributed by atoms with Crippen molar-refractivity contribution >= 4 is 58.0 Å². The molecule has 0 aliphatic carbocycles. The van der Waals surface area contributed by atoms with Crippen LogP contribution in [0.25, 0.3) is 0 Å². The van der Waals surface area contributed by atoms with Crippen LogP contribution >= 0.6 is 34.5 Å². The molecule has 7 nitrogen and oxygen atoms in total. The van der Waals surface area contributed by atoms with Crippen molar-refractivity contribution in [1.29, 1.82) is 0 Å². The van der Waals surface area contributed by atoms with Crippen LogP contribution in [0.15, 0.2) is 24.4 Å². The number of rotatable bonds is 4. The zero-order chi connectivity index (χ0) is 21.5. The number of fused-ring (bicyclic) bond motifs is 2. The highest BCUT2D eigenvalue weighted by molar-refractivity contribution is 7.15. The standard InChI is InChI=1S/C20H19Cl2N3O4S/c1-12(26)29-9-19(28)24-5-4-20(10-24)11-25(15-3-2-13(21)6-14(15)20)18(27)7-17-23-8-16(22)30-17/h2-3,6,8H,4-5,7,9-11H2,1H3/t20-/m1/s1. The van der Waals surface area contributed by atoms with Gasteiger partial charge in [0.15, 0.2) is 6.61 Å². The van der Waals surface area contributed by atoms with Crippen LogP contribution < -0.4 is 4.90 Å². The number of ether oxygens (including phenoxy) is 1. The molecular formula is C20H19Cl2N3O4S. The van der Waals surface area contributed by atoms with E-state index in [9.17, 15) is 14.4 Å². The van der Waals surface area contributed by atoms with E-state index >= 15 is 0 Å². The van der Waals surface area contributed by atoms with E-state index in [0.29, 0.717) is 40.4 Å². The lowest BCUT2D eigenvalue weighted by Gasteiger charge is -2.25. The molecule has 2 aliphatic heterocycles. The van der Waals surface area contributed by atoms with Gasteiger partial charge in [0.1, 0.15) is 9.34 Å². The van der Waals surface area contributed by atoms with Crippen molar-refractivity contribution in [2.24, 2.45) is 0 Å². The summed E-state index contributed by atoms with van der Waals surface area (Å²) in [7, 11) is 0. The quantitative estimate of drug-likeness (QED) is 0.645. The van der Waals surface area contributed by atoms with Crippen molar-refractivity contribution in [3.8, 4) is 0 Å². The predicted molar refractivity (Wildman–Crippen MR) is 114 cm³/mol. The van der Waals surface area contributed by atoms with E-state index in [4.69, 9.17) is 27.9 Å². The number of anilines is 1. The molecule has 1 aromatic heterocycles. The highest BCUT2D eigenvalue weighted by atomic mass is 35.5. The van der Waals surface area contributed by atoms with Crippen molar-refractivity contribution in [3.63, 3.8) is 0 Å². The molecule has 0 saturated carbocycles. The number of hydrogen-bond donors (Lipinski definition) is 0. The molecule has 3 heterocycles. The zero-order valence-electron chi connectivity index (χ0n) is 16.2. The van der Waals surface area contributed by atoms with Crippen LogP contribution in [0, 0.1) is 0 Å². The van der Waals surface area contributed by atoms with Crippen molar-refractivity contribution < 1.29 is 19.1 Å². The molecule has 0 unspecified atom stereocenters. The fourth-order valence-electron chi connectivity index (χ4n) is 4.15. The van der Waals surface area contributed by atoms with Crippen LogP contribution in [0.3, 0.4) is 0 Å². The second-order valence-electron chi connectivity index (χ2n) is 7.50. The summed E-state index contributed by atoms with van der Waals surface area (Å²) in [5.41, 5.74) is 1.37. The summed E-state index contributed by atoms with van der Waals surface area (Å²) in [5.74, 6) is -0.812. The minimum Gasteiger partial charge on any atom is -0.456 e. The van der Waals surface area contributed by atoms with E-state index in [1.807, 2.05) is 12.1 Å². The number of esters is 1. The van der Waals surface area contributed by atoms with E-state index in [2.05, 4.69) is 4.98 Å². The summed E-state index contributed by atoms with van der Waals surface area (Å²) in [5, 5.41) is 1.24. The fraction of sp³-hybridized carbons (Fsp3) is 0.400. The summed E-state index contributed by atoms with van der Waals surface area (Å²) >= 11 is 13.5. The average Bonchev–Trinajstić information content (AvgIpc) is 3.39. The first-order chi connectivity index (χ1) is 14.3. The van der Waals surface area contributed by atoms with Crippen LogP contribution in [0.2, 0.25) is 9.36 Å². The van der Waals surface area contributed by atoms with E-state index in [-0.39, 0.29) is 24.8 Å². The van der Waals surface area contributed by atoms with Crippen LogP contribution in [-0.2, 0) is 31.0 Å². The monoisotopic (exact) mass is 467 g/mol. The molecule has 30 heavy (non-hydrogen) atoms. The molecule has 10 heteroatoms. The molecule has 4 rings (SSSR count). The third-order valence-electron chi connectivity index (χ3n) is 5.52. The van der Waals surface area contributed by atoms with Crippen molar-refractivity contribution in [3.05, 3.63) is 44.3 Å². The SMILES string of the molecule is CC(=O)OCC(=O)N1CC[C@@]2(C1)CN(C(=O)Cc1ncc(Cl)s1)c1ccc(Cl)cc12. The van der Waals surface area contributed by atoms with E-state index < -0.39 is 11.4 Å². The second-order valence-corrected chi connectivity index (χ2v) is 9.69. The number of amides is 2. The molecule has 2 aliphatic rings. The number of benzene rings is 1. The first-order valence-corrected chi connectivity index (χ1v) is 11.0. The summed E-state index contributed by atoms with van der Waals surface area (Å²) < 4.78 is 5.39. The van der Waals surface area contributed by atoms with Gasteiger partial charge in [-0.3, -0.25) is 14.4 Å². The second kappa shape index (κ2) is 8.17. The molecule has 1 fully saturated rings. The van der Waals surface area contributed by atoms with Gasteiger partial charge in [0.25, 0.3) is 5.91 Å². The molecule has 1 spiro atoms. The predicted octanol–water partition coefficient (Wildman–Crippen LogP) is 3.07. The summed E-state index contributed by atoms with van der Waals surface area (Å²) in [6, 6.07) is 5.49. The Bertz CT molecular complexity index is 1030. The Labute approximate surface area is 187 Å². The Morgan fingerprint density at radius 1 is 1.23 bits per heavy atom. The van der Waals surface area contributed by atoms with E-state index in [1.54, 1.807) is 15.9 Å². The minimum absolute atomic E-state index is 0.0776. The molecule has 0 N–H and O–H groups in total. The Balaban J connectivity index is 1.57. The van der Waals surface area contributed by atoms with Crippen molar-refractivity contribution in [2.45, 2.75) is 25.2 Å². The number of hydrogen-bond acceptors (Lipinski definition) is 6. The lowest BCUT2D eigenvalue weighted by molar-refractivity contribution is -0.149. The lowest BCUT2D eigenvalue weighted by Crippen LogP contribution is -2.41. The molecule has 2 aromatic rings.